The van der Waals surface area contributed by atoms with E-state index in [0.29, 0.717) is 28.3 Å². The highest BCUT2D eigenvalue weighted by Gasteiger charge is 2.63. The summed E-state index contributed by atoms with van der Waals surface area (Å²) in [6.45, 7) is 2.59. The van der Waals surface area contributed by atoms with Crippen molar-refractivity contribution in [2.24, 2.45) is 17.3 Å². The molecule has 0 N–H and O–H groups in total. The van der Waals surface area contributed by atoms with E-state index >= 15 is 0 Å². The first-order valence-electron chi connectivity index (χ1n) is 22.2. The molecule has 2 unspecified atom stereocenters. The Bertz CT molecular complexity index is 3020. The van der Waals surface area contributed by atoms with Gasteiger partial charge in [0.05, 0.1) is 5.41 Å². The van der Waals surface area contributed by atoms with Crippen molar-refractivity contribution < 1.29 is 4.74 Å². The minimum absolute atomic E-state index is 0.304. The minimum atomic E-state index is -0.526. The van der Waals surface area contributed by atoms with Crippen LogP contribution in [0.3, 0.4) is 0 Å². The van der Waals surface area contributed by atoms with Crippen LogP contribution in [0.25, 0.3) is 56.4 Å². The Labute approximate surface area is 357 Å². The van der Waals surface area contributed by atoms with Crippen molar-refractivity contribution in [3.8, 4) is 67.9 Å². The Morgan fingerprint density at radius 3 is 1.84 bits per heavy atom. The van der Waals surface area contributed by atoms with Gasteiger partial charge in [0.25, 0.3) is 0 Å². The monoisotopic (exact) mass is 787 g/mol. The van der Waals surface area contributed by atoms with Crippen molar-refractivity contribution in [1.29, 1.82) is 0 Å². The van der Waals surface area contributed by atoms with Crippen LogP contribution in [-0.4, -0.2) is 15.0 Å². The van der Waals surface area contributed by atoms with E-state index in [-0.39, 0.29) is 0 Å². The zero-order valence-electron chi connectivity index (χ0n) is 34.3. The molecule has 5 aliphatic rings. The Hall–Kier alpha value is -6.65. The normalized spacial score (nSPS) is 23.2. The Balaban J connectivity index is 0.939. The molecule has 4 heteroatoms. The molecule has 4 nitrogen and oxygen atoms in total. The van der Waals surface area contributed by atoms with Crippen molar-refractivity contribution in [1.82, 2.24) is 15.0 Å². The summed E-state index contributed by atoms with van der Waals surface area (Å²) in [7, 11) is 0. The van der Waals surface area contributed by atoms with Crippen LogP contribution in [0.2, 0.25) is 0 Å². The maximum Gasteiger partial charge on any atom is 0.164 e. The number of para-hydroxylation sites is 2. The summed E-state index contributed by atoms with van der Waals surface area (Å²) in [6.07, 6.45) is 8.18. The highest BCUT2D eigenvalue weighted by Crippen LogP contribution is 2.71. The van der Waals surface area contributed by atoms with Gasteiger partial charge < -0.3 is 4.74 Å². The molecule has 13 rings (SSSR count). The Kier molecular flexibility index (Phi) is 7.45. The van der Waals surface area contributed by atoms with Gasteiger partial charge in [-0.25, -0.2) is 15.0 Å². The third kappa shape index (κ3) is 4.96. The van der Waals surface area contributed by atoms with Crippen molar-refractivity contribution in [2.45, 2.75) is 56.3 Å². The molecule has 3 fully saturated rings. The number of hydrogen-bond donors (Lipinski definition) is 0. The van der Waals surface area contributed by atoms with Gasteiger partial charge in [-0.1, -0.05) is 165 Å². The van der Waals surface area contributed by atoms with E-state index in [1.807, 2.05) is 6.07 Å². The molecule has 61 heavy (non-hydrogen) atoms. The fourth-order valence-electron chi connectivity index (χ4n) is 12.9. The van der Waals surface area contributed by atoms with Crippen molar-refractivity contribution in [2.75, 3.05) is 0 Å². The second-order valence-corrected chi connectivity index (χ2v) is 18.6. The third-order valence-electron chi connectivity index (χ3n) is 15.7. The number of ether oxygens (including phenoxy) is 1. The second-order valence-electron chi connectivity index (χ2n) is 18.6. The molecular weight excluding hydrogens is 743 g/mol. The van der Waals surface area contributed by atoms with Crippen LogP contribution in [0.4, 0.5) is 0 Å². The van der Waals surface area contributed by atoms with Crippen molar-refractivity contribution in [3.05, 3.63) is 198 Å². The average Bonchev–Trinajstić information content (AvgIpc) is 3.69. The maximum absolute atomic E-state index is 6.60. The lowest BCUT2D eigenvalue weighted by atomic mass is 9.54. The molecule has 1 aliphatic heterocycles. The molecule has 8 aromatic rings. The van der Waals surface area contributed by atoms with Crippen LogP contribution in [0.15, 0.2) is 170 Å². The summed E-state index contributed by atoms with van der Waals surface area (Å²) in [6, 6.07) is 61.2. The van der Waals surface area contributed by atoms with Gasteiger partial charge in [0, 0.05) is 27.8 Å². The Morgan fingerprint density at radius 2 is 1.08 bits per heavy atom. The lowest BCUT2D eigenvalue weighted by Crippen LogP contribution is -2.42. The van der Waals surface area contributed by atoms with E-state index in [2.05, 4.69) is 171 Å². The van der Waals surface area contributed by atoms with Crippen LogP contribution in [0.5, 0.6) is 11.5 Å². The molecule has 0 amide bonds. The molecule has 294 valence electrons. The fraction of sp³-hybridized carbons (Fsp3) is 0.211. The highest BCUT2D eigenvalue weighted by molar-refractivity contribution is 5.97. The molecule has 0 saturated heterocycles. The van der Waals surface area contributed by atoms with Gasteiger partial charge in [-0.3, -0.25) is 0 Å². The number of hydrogen-bond acceptors (Lipinski definition) is 4. The first-order chi connectivity index (χ1) is 30.0. The number of rotatable bonds is 5. The molecule has 0 radical (unpaired) electrons. The SMILES string of the molecule is C[C@@]12CC3(c4ccc(-c5nc(-c6ccccc6)nc(-c6cccc(-c7cccc8c7-c7ccccc7C87c8ccccc8Oc8ccccc87)c6)n5)cc4)CCCC1C[C@H]2C3. The van der Waals surface area contributed by atoms with Gasteiger partial charge in [-0.15, -0.1) is 0 Å². The standard InChI is InChI=1S/C57H45N3O/c1-55-35-56(31-13-18-41(55)33-42(55)34-56)40-29-27-37(28-30-40)53-58-52(36-14-3-2-4-15-36)59-54(60-53)39-17-11-16-38(32-39)43-20-12-24-48-51(43)44-19-5-6-21-45(44)57(48)46-22-7-9-25-49(46)61-50-26-10-8-23-47(50)57/h2-12,14-17,19-30,32,41-42H,13,18,31,33-35H2,1H3/t41?,42-,55+,56?/m0/s1. The summed E-state index contributed by atoms with van der Waals surface area (Å²) in [5, 5.41) is 0. The van der Waals surface area contributed by atoms with Crippen LogP contribution < -0.4 is 4.74 Å². The summed E-state index contributed by atoms with van der Waals surface area (Å²) in [5.41, 5.74) is 14.4. The maximum atomic E-state index is 6.60. The molecule has 4 atom stereocenters. The van der Waals surface area contributed by atoms with E-state index in [4.69, 9.17) is 19.7 Å². The largest absolute Gasteiger partial charge is 0.457 e. The lowest BCUT2D eigenvalue weighted by molar-refractivity contribution is -0.0134. The first-order valence-corrected chi connectivity index (χ1v) is 22.2. The van der Waals surface area contributed by atoms with Gasteiger partial charge in [-0.05, 0) is 112 Å². The molecule has 1 spiro atoms. The zero-order valence-corrected chi connectivity index (χ0v) is 34.3. The summed E-state index contributed by atoms with van der Waals surface area (Å²) in [4.78, 5) is 15.6. The van der Waals surface area contributed by atoms with E-state index in [1.54, 1.807) is 0 Å². The van der Waals surface area contributed by atoms with E-state index in [9.17, 15) is 0 Å². The summed E-state index contributed by atoms with van der Waals surface area (Å²) < 4.78 is 6.60. The van der Waals surface area contributed by atoms with Crippen LogP contribution in [-0.2, 0) is 10.8 Å². The molecule has 7 aromatic carbocycles. The molecule has 3 saturated carbocycles. The van der Waals surface area contributed by atoms with Gasteiger partial charge >= 0.3 is 0 Å². The van der Waals surface area contributed by atoms with Gasteiger partial charge in [0.1, 0.15) is 11.5 Å². The first kappa shape index (κ1) is 35.1. The number of aromatic nitrogens is 3. The van der Waals surface area contributed by atoms with E-state index < -0.39 is 5.41 Å². The average molecular weight is 788 g/mol. The minimum Gasteiger partial charge on any atom is -0.457 e. The smallest absolute Gasteiger partial charge is 0.164 e. The van der Waals surface area contributed by atoms with Gasteiger partial charge in [0.2, 0.25) is 0 Å². The van der Waals surface area contributed by atoms with Crippen molar-refractivity contribution in [3.63, 3.8) is 0 Å². The predicted octanol–water partition coefficient (Wildman–Crippen LogP) is 13.9. The molecule has 2 bridgehead atoms. The van der Waals surface area contributed by atoms with E-state index in [1.165, 1.54) is 71.9 Å². The van der Waals surface area contributed by atoms with E-state index in [0.717, 1.165) is 56.7 Å². The molecule has 4 aliphatic carbocycles. The number of fused-ring (bicyclic) bond motifs is 10. The molecule has 2 heterocycles. The summed E-state index contributed by atoms with van der Waals surface area (Å²) >= 11 is 0. The van der Waals surface area contributed by atoms with Crippen LogP contribution >= 0.6 is 0 Å². The predicted molar refractivity (Wildman–Crippen MR) is 243 cm³/mol. The molecule has 1 aromatic heterocycles. The quantitative estimate of drug-likeness (QED) is 0.174. The number of benzene rings is 7. The fourth-order valence-corrected chi connectivity index (χ4v) is 12.9. The molecular formula is C57H45N3O. The second kappa shape index (κ2) is 12.9. The topological polar surface area (TPSA) is 47.9 Å². The lowest BCUT2D eigenvalue weighted by Gasteiger charge is -2.50. The van der Waals surface area contributed by atoms with Crippen molar-refractivity contribution >= 4 is 0 Å². The third-order valence-corrected chi connectivity index (χ3v) is 15.7. The van der Waals surface area contributed by atoms with Gasteiger partial charge in [-0.2, -0.15) is 0 Å². The summed E-state index contributed by atoms with van der Waals surface area (Å²) in [5.74, 6) is 5.65. The van der Waals surface area contributed by atoms with Crippen LogP contribution in [0.1, 0.15) is 73.3 Å². The Morgan fingerprint density at radius 1 is 0.508 bits per heavy atom. The van der Waals surface area contributed by atoms with Gasteiger partial charge in [0.15, 0.2) is 17.5 Å². The highest BCUT2D eigenvalue weighted by atomic mass is 16.5. The van der Waals surface area contributed by atoms with Crippen LogP contribution in [0, 0.1) is 17.3 Å². The number of nitrogens with zero attached hydrogens (tertiary/aromatic N) is 3. The zero-order chi connectivity index (χ0) is 40.3.